The second-order valence-electron chi connectivity index (χ2n) is 6.33. The summed E-state index contributed by atoms with van der Waals surface area (Å²) < 4.78 is 0. The Kier molecular flexibility index (Phi) is 6.38. The lowest BCUT2D eigenvalue weighted by Gasteiger charge is -2.35. The van der Waals surface area contributed by atoms with Crippen LogP contribution in [0.3, 0.4) is 0 Å². The van der Waals surface area contributed by atoms with E-state index in [1.54, 1.807) is 11.9 Å². The molecule has 7 nitrogen and oxygen atoms in total. The van der Waals surface area contributed by atoms with Crippen LogP contribution in [0, 0.1) is 6.92 Å². The maximum Gasteiger partial charge on any atom is 0.312 e. The average molecular weight is 346 g/mol. The van der Waals surface area contributed by atoms with Crippen molar-refractivity contribution in [3.8, 4) is 0 Å². The first-order chi connectivity index (χ1) is 11.9. The van der Waals surface area contributed by atoms with Gasteiger partial charge in [0, 0.05) is 13.6 Å². The Morgan fingerprint density at radius 3 is 2.64 bits per heavy atom. The van der Waals surface area contributed by atoms with Gasteiger partial charge in [-0.1, -0.05) is 24.3 Å². The van der Waals surface area contributed by atoms with Crippen LogP contribution in [-0.2, 0) is 9.59 Å². The molecule has 1 fully saturated rings. The molecule has 0 aliphatic carbocycles. The van der Waals surface area contributed by atoms with E-state index in [1.165, 1.54) is 0 Å². The standard InChI is InChI=1S/C18H26N4O3/c1-12-7-3-4-8-13(12)14(21-18(19)25)11-16(23)22-10-6-5-9-15(22)17(24)20-2/h3-4,7-8,14-15H,5-6,9-11H2,1-2H3,(H,20,24)(H3,19,21,25)/t14-,15+/m0/s1. The molecule has 1 aromatic carbocycles. The third kappa shape index (κ3) is 4.71. The number of nitrogens with zero attached hydrogens (tertiary/aromatic N) is 1. The number of primary amides is 1. The number of hydrogen-bond acceptors (Lipinski definition) is 3. The van der Waals surface area contributed by atoms with E-state index in [0.29, 0.717) is 13.0 Å². The Bertz CT molecular complexity index is 647. The summed E-state index contributed by atoms with van der Waals surface area (Å²) in [5, 5.41) is 5.28. The van der Waals surface area contributed by atoms with Gasteiger partial charge in [0.15, 0.2) is 0 Å². The summed E-state index contributed by atoms with van der Waals surface area (Å²) in [5.74, 6) is -0.307. The first-order valence-electron chi connectivity index (χ1n) is 8.56. The van der Waals surface area contributed by atoms with E-state index in [-0.39, 0.29) is 18.2 Å². The zero-order valence-corrected chi connectivity index (χ0v) is 14.7. The van der Waals surface area contributed by atoms with E-state index in [2.05, 4.69) is 10.6 Å². The van der Waals surface area contributed by atoms with Gasteiger partial charge in [-0.2, -0.15) is 0 Å². The Balaban J connectivity index is 2.19. The van der Waals surface area contributed by atoms with Crippen LogP contribution in [0.5, 0.6) is 0 Å². The molecule has 0 saturated carbocycles. The maximum absolute atomic E-state index is 12.9. The molecule has 1 saturated heterocycles. The largest absolute Gasteiger partial charge is 0.357 e. The van der Waals surface area contributed by atoms with Crippen molar-refractivity contribution in [3.63, 3.8) is 0 Å². The Morgan fingerprint density at radius 1 is 1.28 bits per heavy atom. The van der Waals surface area contributed by atoms with Crippen LogP contribution in [0.4, 0.5) is 4.79 Å². The predicted octanol–water partition coefficient (Wildman–Crippen LogP) is 1.22. The number of carbonyl (C=O) groups is 3. The summed E-state index contributed by atoms with van der Waals surface area (Å²) in [5.41, 5.74) is 7.11. The van der Waals surface area contributed by atoms with Crippen molar-refractivity contribution in [2.75, 3.05) is 13.6 Å². The quantitative estimate of drug-likeness (QED) is 0.746. The molecule has 7 heteroatoms. The van der Waals surface area contributed by atoms with Gasteiger partial charge in [0.1, 0.15) is 6.04 Å². The number of urea groups is 1. The Morgan fingerprint density at radius 2 is 2.00 bits per heavy atom. The van der Waals surface area contributed by atoms with Gasteiger partial charge in [0.05, 0.1) is 12.5 Å². The van der Waals surface area contributed by atoms with E-state index in [1.807, 2.05) is 31.2 Å². The molecule has 0 unspecified atom stereocenters. The molecule has 4 N–H and O–H groups in total. The fourth-order valence-corrected chi connectivity index (χ4v) is 3.35. The number of hydrogen-bond donors (Lipinski definition) is 3. The minimum Gasteiger partial charge on any atom is -0.357 e. The van der Waals surface area contributed by atoms with Crippen molar-refractivity contribution in [1.29, 1.82) is 0 Å². The molecule has 2 atom stereocenters. The molecule has 0 radical (unpaired) electrons. The summed E-state index contributed by atoms with van der Waals surface area (Å²) in [6.07, 6.45) is 2.52. The lowest BCUT2D eigenvalue weighted by Crippen LogP contribution is -2.52. The number of nitrogens with two attached hydrogens (primary N) is 1. The lowest BCUT2D eigenvalue weighted by molar-refractivity contribution is -0.142. The van der Waals surface area contributed by atoms with Crippen LogP contribution in [-0.4, -0.2) is 42.4 Å². The van der Waals surface area contributed by atoms with Crippen molar-refractivity contribution in [3.05, 3.63) is 35.4 Å². The third-order valence-corrected chi connectivity index (χ3v) is 4.63. The van der Waals surface area contributed by atoms with E-state index in [9.17, 15) is 14.4 Å². The second-order valence-corrected chi connectivity index (χ2v) is 6.33. The average Bonchev–Trinajstić information content (AvgIpc) is 2.60. The van der Waals surface area contributed by atoms with Gasteiger partial charge in [-0.15, -0.1) is 0 Å². The van der Waals surface area contributed by atoms with E-state index < -0.39 is 18.1 Å². The van der Waals surface area contributed by atoms with Gasteiger partial charge in [0.2, 0.25) is 11.8 Å². The minimum absolute atomic E-state index is 0.0707. The van der Waals surface area contributed by atoms with Gasteiger partial charge in [-0.05, 0) is 37.3 Å². The fourth-order valence-electron chi connectivity index (χ4n) is 3.35. The first-order valence-corrected chi connectivity index (χ1v) is 8.56. The van der Waals surface area contributed by atoms with Crippen LogP contribution in [0.15, 0.2) is 24.3 Å². The van der Waals surface area contributed by atoms with Crippen LogP contribution in [0.2, 0.25) is 0 Å². The molecular weight excluding hydrogens is 320 g/mol. The van der Waals surface area contributed by atoms with Gasteiger partial charge in [-0.25, -0.2) is 4.79 Å². The molecule has 136 valence electrons. The SMILES string of the molecule is CNC(=O)[C@H]1CCCCN1C(=O)C[C@H](NC(N)=O)c1ccccc1C. The minimum atomic E-state index is -0.678. The van der Waals surface area contributed by atoms with Crippen molar-refractivity contribution < 1.29 is 14.4 Å². The summed E-state index contributed by atoms with van der Waals surface area (Å²) in [6.45, 7) is 2.47. The van der Waals surface area contributed by atoms with Gasteiger partial charge < -0.3 is 21.3 Å². The number of likely N-dealkylation sites (tertiary alicyclic amines) is 1. The van der Waals surface area contributed by atoms with Crippen molar-refractivity contribution >= 4 is 17.8 Å². The summed E-state index contributed by atoms with van der Waals surface area (Å²) in [4.78, 5) is 37.9. The highest BCUT2D eigenvalue weighted by Gasteiger charge is 2.33. The molecule has 1 heterocycles. The number of rotatable bonds is 5. The summed E-state index contributed by atoms with van der Waals surface area (Å²) >= 11 is 0. The van der Waals surface area contributed by atoms with Crippen LogP contribution >= 0.6 is 0 Å². The molecule has 4 amide bonds. The highest BCUT2D eigenvalue weighted by molar-refractivity contribution is 5.88. The van der Waals surface area contributed by atoms with Gasteiger partial charge >= 0.3 is 6.03 Å². The van der Waals surface area contributed by atoms with Gasteiger partial charge in [0.25, 0.3) is 0 Å². The monoisotopic (exact) mass is 346 g/mol. The number of benzene rings is 1. The first kappa shape index (κ1) is 18.8. The molecule has 1 aliphatic rings. The highest BCUT2D eigenvalue weighted by atomic mass is 16.2. The van der Waals surface area contributed by atoms with Crippen molar-refractivity contribution in [1.82, 2.24) is 15.5 Å². The molecular formula is C18H26N4O3. The predicted molar refractivity (Wildman–Crippen MR) is 94.7 cm³/mol. The molecule has 0 spiro atoms. The zero-order chi connectivity index (χ0) is 18.4. The van der Waals surface area contributed by atoms with Crippen molar-refractivity contribution in [2.45, 2.75) is 44.7 Å². The van der Waals surface area contributed by atoms with Crippen LogP contribution in [0.1, 0.15) is 42.9 Å². The van der Waals surface area contributed by atoms with Crippen LogP contribution in [0.25, 0.3) is 0 Å². The lowest BCUT2D eigenvalue weighted by atomic mass is 9.96. The van der Waals surface area contributed by atoms with E-state index >= 15 is 0 Å². The summed E-state index contributed by atoms with van der Waals surface area (Å²) in [6, 6.07) is 5.91. The Hall–Kier alpha value is -2.57. The second kappa shape index (κ2) is 8.50. The van der Waals surface area contributed by atoms with E-state index in [0.717, 1.165) is 24.0 Å². The molecule has 1 aromatic rings. The number of carbonyl (C=O) groups excluding carboxylic acids is 3. The number of aryl methyl sites for hydroxylation is 1. The van der Waals surface area contributed by atoms with E-state index in [4.69, 9.17) is 5.73 Å². The molecule has 2 rings (SSSR count). The smallest absolute Gasteiger partial charge is 0.312 e. The number of piperidine rings is 1. The molecule has 0 aromatic heterocycles. The normalized spacial score (nSPS) is 18.3. The fraction of sp³-hybridized carbons (Fsp3) is 0.500. The van der Waals surface area contributed by atoms with Crippen molar-refractivity contribution in [2.24, 2.45) is 5.73 Å². The molecule has 1 aliphatic heterocycles. The Labute approximate surface area is 147 Å². The number of amides is 4. The van der Waals surface area contributed by atoms with Gasteiger partial charge in [-0.3, -0.25) is 9.59 Å². The topological polar surface area (TPSA) is 105 Å². The zero-order valence-electron chi connectivity index (χ0n) is 14.7. The highest BCUT2D eigenvalue weighted by Crippen LogP contribution is 2.24. The summed E-state index contributed by atoms with van der Waals surface area (Å²) in [7, 11) is 1.57. The molecule has 0 bridgehead atoms. The third-order valence-electron chi connectivity index (χ3n) is 4.63. The van der Waals surface area contributed by atoms with Crippen LogP contribution < -0.4 is 16.4 Å². The molecule has 25 heavy (non-hydrogen) atoms. The number of likely N-dealkylation sites (N-methyl/N-ethyl adjacent to an activating group) is 1. The number of nitrogens with one attached hydrogen (secondary N) is 2. The maximum atomic E-state index is 12.9.